The smallest absolute Gasteiger partial charge is 0.276 e. The summed E-state index contributed by atoms with van der Waals surface area (Å²) < 4.78 is 7.68. The molecule has 3 aromatic heterocycles. The molecule has 0 spiro atoms. The number of aryl methyl sites for hydroxylation is 3. The van der Waals surface area contributed by atoms with Gasteiger partial charge in [-0.3, -0.25) is 9.36 Å². The Morgan fingerprint density at radius 3 is 2.53 bits per heavy atom. The van der Waals surface area contributed by atoms with E-state index in [1.54, 1.807) is 29.0 Å². The van der Waals surface area contributed by atoms with Crippen molar-refractivity contribution in [2.75, 3.05) is 0 Å². The van der Waals surface area contributed by atoms with Crippen LogP contribution in [0.1, 0.15) is 48.7 Å². The molecule has 9 heteroatoms. The molecule has 0 amide bonds. The largest absolute Gasteiger partial charge is 0.470 e. The van der Waals surface area contributed by atoms with Gasteiger partial charge in [0.25, 0.3) is 5.56 Å². The Morgan fingerprint density at radius 2 is 1.85 bits per heavy atom. The molecule has 0 fully saturated rings. The maximum Gasteiger partial charge on any atom is 0.276 e. The summed E-state index contributed by atoms with van der Waals surface area (Å²) in [5, 5.41) is 2.90. The summed E-state index contributed by atoms with van der Waals surface area (Å²) in [4.78, 5) is 31.5. The van der Waals surface area contributed by atoms with Gasteiger partial charge in [0, 0.05) is 22.6 Å². The first-order chi connectivity index (χ1) is 16.0. The van der Waals surface area contributed by atoms with Gasteiger partial charge in [-0.1, -0.05) is 32.9 Å². The molecule has 176 valence electrons. The Balaban J connectivity index is 1.73. The van der Waals surface area contributed by atoms with Crippen molar-refractivity contribution in [2.45, 2.75) is 53.6 Å². The van der Waals surface area contributed by atoms with Crippen molar-refractivity contribution < 1.29 is 4.74 Å². The Bertz CT molecular complexity index is 1420. The summed E-state index contributed by atoms with van der Waals surface area (Å²) in [6, 6.07) is 7.83. The lowest BCUT2D eigenvalue weighted by Gasteiger charge is -2.18. The molecule has 0 N–H and O–H groups in total. The maximum absolute atomic E-state index is 13.4. The standard InChI is InChI=1S/C25H26BrN5O2S/c1-14-7-8-17(19-9-10-27-24(30-19)25(4,5)6)11-20(14)31-15(2)28-22(21(26)23(31)32)33-12-18-13-34-16(3)29-18/h7-11,13H,12H2,1-6H3. The summed E-state index contributed by atoms with van der Waals surface area (Å²) in [5.74, 6) is 1.54. The van der Waals surface area contributed by atoms with E-state index >= 15 is 0 Å². The average Bonchev–Trinajstić information content (AvgIpc) is 3.21. The second kappa shape index (κ2) is 9.38. The van der Waals surface area contributed by atoms with Crippen molar-refractivity contribution in [3.05, 3.63) is 78.6 Å². The summed E-state index contributed by atoms with van der Waals surface area (Å²) in [6.45, 7) is 12.2. The lowest BCUT2D eigenvalue weighted by atomic mass is 9.95. The summed E-state index contributed by atoms with van der Waals surface area (Å²) in [5.41, 5.74) is 3.79. The first-order valence-electron chi connectivity index (χ1n) is 10.8. The maximum atomic E-state index is 13.4. The normalized spacial score (nSPS) is 11.6. The molecule has 4 rings (SSSR count). The lowest BCUT2D eigenvalue weighted by molar-refractivity contribution is 0.285. The zero-order valence-electron chi connectivity index (χ0n) is 20.0. The molecular formula is C25H26BrN5O2S. The van der Waals surface area contributed by atoms with E-state index in [2.05, 4.69) is 51.7 Å². The van der Waals surface area contributed by atoms with Crippen LogP contribution in [0.15, 0.2) is 45.1 Å². The van der Waals surface area contributed by atoms with Gasteiger partial charge in [0.05, 0.1) is 22.1 Å². The molecule has 3 heterocycles. The third-order valence-corrected chi connectivity index (χ3v) is 6.76. The van der Waals surface area contributed by atoms with Gasteiger partial charge < -0.3 is 4.74 Å². The Kier molecular flexibility index (Phi) is 6.69. The van der Waals surface area contributed by atoms with Crippen LogP contribution >= 0.6 is 27.3 Å². The highest BCUT2D eigenvalue weighted by molar-refractivity contribution is 9.10. The quantitative estimate of drug-likeness (QED) is 0.323. The van der Waals surface area contributed by atoms with Gasteiger partial charge in [-0.05, 0) is 54.4 Å². The third-order valence-electron chi connectivity index (χ3n) is 5.26. The van der Waals surface area contributed by atoms with E-state index < -0.39 is 0 Å². The molecule has 1 aromatic carbocycles. The zero-order valence-corrected chi connectivity index (χ0v) is 22.4. The molecule has 0 aliphatic heterocycles. The van der Waals surface area contributed by atoms with Crippen LogP contribution in [0.3, 0.4) is 0 Å². The van der Waals surface area contributed by atoms with Gasteiger partial charge in [-0.2, -0.15) is 4.98 Å². The minimum atomic E-state index is -0.240. The van der Waals surface area contributed by atoms with Gasteiger partial charge in [-0.15, -0.1) is 11.3 Å². The predicted molar refractivity (Wildman–Crippen MR) is 138 cm³/mol. The summed E-state index contributed by atoms with van der Waals surface area (Å²) in [7, 11) is 0. The molecule has 0 aliphatic carbocycles. The number of nitrogens with zero attached hydrogens (tertiary/aromatic N) is 5. The van der Waals surface area contributed by atoms with E-state index in [4.69, 9.17) is 9.72 Å². The van der Waals surface area contributed by atoms with Crippen LogP contribution in [0.2, 0.25) is 0 Å². The van der Waals surface area contributed by atoms with E-state index in [0.29, 0.717) is 5.82 Å². The first kappa shape index (κ1) is 24.2. The topological polar surface area (TPSA) is 82.8 Å². The molecule has 0 bridgehead atoms. The highest BCUT2D eigenvalue weighted by Gasteiger charge is 2.20. The summed E-state index contributed by atoms with van der Waals surface area (Å²) in [6.07, 6.45) is 1.77. The molecule has 4 aromatic rings. The molecule has 0 atom stereocenters. The van der Waals surface area contributed by atoms with Gasteiger partial charge >= 0.3 is 0 Å². The third kappa shape index (κ3) is 4.95. The SMILES string of the molecule is Cc1nc(COc2nc(C)n(-c3cc(-c4ccnc(C(C)(C)C)n4)ccc3C)c(=O)c2Br)cs1. The van der Waals surface area contributed by atoms with Crippen molar-refractivity contribution >= 4 is 27.3 Å². The molecule has 0 unspecified atom stereocenters. The van der Waals surface area contributed by atoms with Crippen molar-refractivity contribution in [3.8, 4) is 22.8 Å². The van der Waals surface area contributed by atoms with Crippen LogP contribution in [-0.4, -0.2) is 24.5 Å². The van der Waals surface area contributed by atoms with Crippen LogP contribution in [0.4, 0.5) is 0 Å². The second-order valence-electron chi connectivity index (χ2n) is 9.08. The highest BCUT2D eigenvalue weighted by atomic mass is 79.9. The number of rotatable bonds is 5. The van der Waals surface area contributed by atoms with Gasteiger partial charge in [0.2, 0.25) is 5.88 Å². The van der Waals surface area contributed by atoms with Crippen LogP contribution in [0.5, 0.6) is 5.88 Å². The Labute approximate surface area is 211 Å². The predicted octanol–water partition coefficient (Wildman–Crippen LogP) is 5.71. The monoisotopic (exact) mass is 539 g/mol. The minimum Gasteiger partial charge on any atom is -0.470 e. The fraction of sp³-hybridized carbons (Fsp3) is 0.320. The molecule has 0 aliphatic rings. The minimum absolute atomic E-state index is 0.168. The van der Waals surface area contributed by atoms with Gasteiger partial charge in [0.1, 0.15) is 22.7 Å². The molecular weight excluding hydrogens is 514 g/mol. The van der Waals surface area contributed by atoms with Crippen LogP contribution in [0.25, 0.3) is 16.9 Å². The van der Waals surface area contributed by atoms with E-state index in [-0.39, 0.29) is 27.9 Å². The number of hydrogen-bond acceptors (Lipinski definition) is 7. The van der Waals surface area contributed by atoms with Crippen molar-refractivity contribution in [1.29, 1.82) is 0 Å². The van der Waals surface area contributed by atoms with Crippen LogP contribution < -0.4 is 10.3 Å². The fourth-order valence-corrected chi connectivity index (χ4v) is 4.45. The van der Waals surface area contributed by atoms with Crippen LogP contribution in [-0.2, 0) is 12.0 Å². The number of thiazole rings is 1. The molecule has 7 nitrogen and oxygen atoms in total. The van der Waals surface area contributed by atoms with Gasteiger partial charge in [-0.25, -0.2) is 15.0 Å². The fourth-order valence-electron chi connectivity index (χ4n) is 3.47. The molecule has 0 saturated heterocycles. The number of hydrogen-bond donors (Lipinski definition) is 0. The number of ether oxygens (including phenoxy) is 1. The van der Waals surface area contributed by atoms with E-state index in [1.165, 1.54) is 0 Å². The number of halogens is 1. The van der Waals surface area contributed by atoms with Gasteiger partial charge in [0.15, 0.2) is 0 Å². The Morgan fingerprint density at radius 1 is 1.09 bits per heavy atom. The van der Waals surface area contributed by atoms with Crippen molar-refractivity contribution in [3.63, 3.8) is 0 Å². The highest BCUT2D eigenvalue weighted by Crippen LogP contribution is 2.27. The Hall–Kier alpha value is -2.91. The lowest BCUT2D eigenvalue weighted by Crippen LogP contribution is -2.24. The first-order valence-corrected chi connectivity index (χ1v) is 12.5. The molecule has 34 heavy (non-hydrogen) atoms. The van der Waals surface area contributed by atoms with Crippen molar-refractivity contribution in [1.82, 2.24) is 24.5 Å². The average molecular weight is 540 g/mol. The van der Waals surface area contributed by atoms with E-state index in [0.717, 1.165) is 39.0 Å². The summed E-state index contributed by atoms with van der Waals surface area (Å²) >= 11 is 4.96. The van der Waals surface area contributed by atoms with E-state index in [9.17, 15) is 4.79 Å². The number of aromatic nitrogens is 5. The molecule has 0 saturated carbocycles. The van der Waals surface area contributed by atoms with E-state index in [1.807, 2.05) is 43.5 Å². The zero-order chi connectivity index (χ0) is 24.6. The van der Waals surface area contributed by atoms with Crippen molar-refractivity contribution in [2.24, 2.45) is 0 Å². The molecule has 0 radical (unpaired) electrons. The second-order valence-corrected chi connectivity index (χ2v) is 10.9. The number of benzene rings is 1. The van der Waals surface area contributed by atoms with Crippen LogP contribution in [0, 0.1) is 20.8 Å².